The topological polar surface area (TPSA) is 80.9 Å². The highest BCUT2D eigenvalue weighted by Crippen LogP contribution is 2.18. The van der Waals surface area contributed by atoms with Crippen molar-refractivity contribution in [2.75, 3.05) is 11.6 Å². The maximum absolute atomic E-state index is 11.9. The van der Waals surface area contributed by atoms with E-state index in [1.165, 1.54) is 18.0 Å². The number of aryl methyl sites for hydroxylation is 1. The molecule has 0 aliphatic rings. The van der Waals surface area contributed by atoms with Crippen molar-refractivity contribution >= 4 is 35.1 Å². The summed E-state index contributed by atoms with van der Waals surface area (Å²) in [6.07, 6.45) is 3.20. The van der Waals surface area contributed by atoms with E-state index in [2.05, 4.69) is 20.4 Å². The Morgan fingerprint density at radius 3 is 2.94 bits per heavy atom. The second kappa shape index (κ2) is 5.36. The molecule has 0 aromatic carbocycles. The van der Waals surface area contributed by atoms with Crippen molar-refractivity contribution in [1.82, 2.24) is 15.1 Å². The van der Waals surface area contributed by atoms with Gasteiger partial charge in [0.2, 0.25) is 0 Å². The number of halogens is 1. The van der Waals surface area contributed by atoms with Crippen LogP contribution < -0.4 is 5.32 Å². The normalized spacial score (nSPS) is 10.4. The van der Waals surface area contributed by atoms with Gasteiger partial charge in [0.25, 0.3) is 5.91 Å². The number of hydrogen-bond donors (Lipinski definition) is 1. The third kappa shape index (κ3) is 2.80. The molecule has 0 aliphatic carbocycles. The van der Waals surface area contributed by atoms with E-state index in [9.17, 15) is 4.79 Å². The molecule has 0 saturated heterocycles. The molecule has 0 unspecified atom stereocenters. The number of amides is 1. The fraction of sp³-hybridized carbons (Fsp3) is 0.200. The third-order valence-corrected chi connectivity index (χ3v) is 2.83. The van der Waals surface area contributed by atoms with E-state index in [1.807, 2.05) is 6.26 Å². The SMILES string of the molecule is CSc1ncc(Cl)c(C(=O)Nc2cc(C)on2)n1. The minimum absolute atomic E-state index is 0.108. The van der Waals surface area contributed by atoms with Crippen molar-refractivity contribution in [2.45, 2.75) is 12.1 Å². The van der Waals surface area contributed by atoms with Crippen molar-refractivity contribution in [3.05, 3.63) is 28.7 Å². The predicted molar refractivity (Wildman–Crippen MR) is 68.0 cm³/mol. The van der Waals surface area contributed by atoms with Crippen molar-refractivity contribution in [1.29, 1.82) is 0 Å². The van der Waals surface area contributed by atoms with Crippen LogP contribution in [0.3, 0.4) is 0 Å². The largest absolute Gasteiger partial charge is 0.360 e. The van der Waals surface area contributed by atoms with Crippen molar-refractivity contribution < 1.29 is 9.32 Å². The maximum atomic E-state index is 11.9. The number of thioether (sulfide) groups is 1. The van der Waals surface area contributed by atoms with Crippen LogP contribution in [0.15, 0.2) is 21.9 Å². The molecule has 0 radical (unpaired) electrons. The van der Waals surface area contributed by atoms with Crippen LogP contribution in [0.4, 0.5) is 5.82 Å². The van der Waals surface area contributed by atoms with Gasteiger partial charge in [-0.15, -0.1) is 0 Å². The number of hydrogen-bond acceptors (Lipinski definition) is 6. The summed E-state index contributed by atoms with van der Waals surface area (Å²) in [7, 11) is 0. The van der Waals surface area contributed by atoms with E-state index >= 15 is 0 Å². The second-order valence-electron chi connectivity index (χ2n) is 3.33. The zero-order valence-electron chi connectivity index (χ0n) is 9.60. The number of aromatic nitrogens is 3. The summed E-state index contributed by atoms with van der Waals surface area (Å²) in [5.41, 5.74) is 0.108. The molecule has 0 spiro atoms. The molecule has 2 heterocycles. The molecule has 0 saturated carbocycles. The van der Waals surface area contributed by atoms with Gasteiger partial charge in [0, 0.05) is 6.07 Å². The Bertz CT molecular complexity index is 587. The van der Waals surface area contributed by atoms with Gasteiger partial charge in [-0.1, -0.05) is 28.5 Å². The minimum Gasteiger partial charge on any atom is -0.360 e. The highest BCUT2D eigenvalue weighted by molar-refractivity contribution is 7.98. The van der Waals surface area contributed by atoms with Crippen LogP contribution in [0.1, 0.15) is 16.2 Å². The highest BCUT2D eigenvalue weighted by atomic mass is 35.5. The Kier molecular flexibility index (Phi) is 3.83. The molecule has 0 atom stereocenters. The Hall–Kier alpha value is -1.60. The summed E-state index contributed by atoms with van der Waals surface area (Å²) in [4.78, 5) is 19.9. The number of anilines is 1. The smallest absolute Gasteiger partial charge is 0.277 e. The monoisotopic (exact) mass is 284 g/mol. The fourth-order valence-corrected chi connectivity index (χ4v) is 1.73. The quantitative estimate of drug-likeness (QED) is 0.688. The number of nitrogens with one attached hydrogen (secondary N) is 1. The molecule has 6 nitrogen and oxygen atoms in total. The first-order chi connectivity index (χ1) is 8.60. The standard InChI is InChI=1S/C10H9ClN4O2S/c1-5-3-7(15-17-5)13-9(16)8-6(11)4-12-10(14-8)18-2/h3-4H,1-2H3,(H,13,15,16). The van der Waals surface area contributed by atoms with Crippen LogP contribution in [-0.4, -0.2) is 27.3 Å². The maximum Gasteiger partial charge on any atom is 0.277 e. The molecule has 2 aromatic rings. The summed E-state index contributed by atoms with van der Waals surface area (Å²) in [6, 6.07) is 1.60. The Balaban J connectivity index is 2.23. The van der Waals surface area contributed by atoms with E-state index in [-0.39, 0.29) is 10.7 Å². The fourth-order valence-electron chi connectivity index (χ4n) is 1.21. The third-order valence-electron chi connectivity index (χ3n) is 1.99. The molecule has 1 N–H and O–H groups in total. The first-order valence-corrected chi connectivity index (χ1v) is 6.51. The predicted octanol–water partition coefficient (Wildman–Crippen LogP) is 2.40. The average Bonchev–Trinajstić information content (AvgIpc) is 2.75. The summed E-state index contributed by atoms with van der Waals surface area (Å²) in [5.74, 6) is 0.466. The second-order valence-corrected chi connectivity index (χ2v) is 4.51. The Labute approximate surface area is 112 Å². The molecular weight excluding hydrogens is 276 g/mol. The summed E-state index contributed by atoms with van der Waals surface area (Å²) >= 11 is 7.21. The van der Waals surface area contributed by atoms with E-state index in [1.54, 1.807) is 13.0 Å². The van der Waals surface area contributed by atoms with E-state index in [0.717, 1.165) is 0 Å². The highest BCUT2D eigenvalue weighted by Gasteiger charge is 2.15. The molecule has 8 heteroatoms. The van der Waals surface area contributed by atoms with Crippen molar-refractivity contribution in [3.63, 3.8) is 0 Å². The van der Waals surface area contributed by atoms with Gasteiger partial charge < -0.3 is 9.84 Å². The number of nitrogens with zero attached hydrogens (tertiary/aromatic N) is 3. The van der Waals surface area contributed by atoms with Gasteiger partial charge in [0.05, 0.1) is 11.2 Å². The van der Waals surface area contributed by atoms with E-state index < -0.39 is 5.91 Å². The molecule has 0 bridgehead atoms. The van der Waals surface area contributed by atoms with E-state index in [0.29, 0.717) is 16.7 Å². The van der Waals surface area contributed by atoms with Crippen molar-refractivity contribution in [3.8, 4) is 0 Å². The lowest BCUT2D eigenvalue weighted by molar-refractivity contribution is 0.102. The van der Waals surface area contributed by atoms with Crippen LogP contribution in [0, 0.1) is 6.92 Å². The first-order valence-electron chi connectivity index (χ1n) is 4.91. The van der Waals surface area contributed by atoms with Gasteiger partial charge in [0.1, 0.15) is 5.76 Å². The van der Waals surface area contributed by atoms with Gasteiger partial charge in [-0.3, -0.25) is 4.79 Å². The van der Waals surface area contributed by atoms with Crippen LogP contribution in [0.5, 0.6) is 0 Å². The van der Waals surface area contributed by atoms with Gasteiger partial charge in [-0.25, -0.2) is 9.97 Å². The van der Waals surface area contributed by atoms with Crippen molar-refractivity contribution in [2.24, 2.45) is 0 Å². The lowest BCUT2D eigenvalue weighted by atomic mass is 10.3. The zero-order chi connectivity index (χ0) is 13.1. The minimum atomic E-state index is -0.453. The molecule has 2 rings (SSSR count). The number of carbonyl (C=O) groups is 1. The van der Waals surface area contributed by atoms with Crippen LogP contribution in [0.25, 0.3) is 0 Å². The Morgan fingerprint density at radius 1 is 1.56 bits per heavy atom. The van der Waals surface area contributed by atoms with Gasteiger partial charge in [0.15, 0.2) is 16.7 Å². The Morgan fingerprint density at radius 2 is 2.33 bits per heavy atom. The molecule has 2 aromatic heterocycles. The summed E-state index contributed by atoms with van der Waals surface area (Å²) in [5, 5.41) is 6.86. The first kappa shape index (κ1) is 12.8. The van der Waals surface area contributed by atoms with Crippen LogP contribution >= 0.6 is 23.4 Å². The van der Waals surface area contributed by atoms with Gasteiger partial charge >= 0.3 is 0 Å². The zero-order valence-corrected chi connectivity index (χ0v) is 11.2. The molecule has 0 aliphatic heterocycles. The summed E-state index contributed by atoms with van der Waals surface area (Å²) < 4.78 is 4.84. The van der Waals surface area contributed by atoms with Gasteiger partial charge in [-0.05, 0) is 13.2 Å². The molecule has 0 fully saturated rings. The molecule has 1 amide bonds. The summed E-state index contributed by atoms with van der Waals surface area (Å²) in [6.45, 7) is 1.73. The average molecular weight is 285 g/mol. The van der Waals surface area contributed by atoms with E-state index in [4.69, 9.17) is 16.1 Å². The number of rotatable bonds is 3. The molecule has 18 heavy (non-hydrogen) atoms. The lowest BCUT2D eigenvalue weighted by Crippen LogP contribution is -2.15. The lowest BCUT2D eigenvalue weighted by Gasteiger charge is -2.03. The molecular formula is C10H9ClN4O2S. The van der Waals surface area contributed by atoms with Gasteiger partial charge in [-0.2, -0.15) is 0 Å². The molecule has 94 valence electrons. The number of carbonyl (C=O) groups excluding carboxylic acids is 1. The van der Waals surface area contributed by atoms with Crippen LogP contribution in [-0.2, 0) is 0 Å². The van der Waals surface area contributed by atoms with Crippen LogP contribution in [0.2, 0.25) is 5.02 Å².